The molecule has 0 saturated heterocycles. The molecule has 0 aliphatic heterocycles. The molecule has 4 nitrogen and oxygen atoms in total. The first-order valence-electron chi connectivity index (χ1n) is 7.03. The molecule has 0 heterocycles. The Balaban J connectivity index is 2.96. The lowest BCUT2D eigenvalue weighted by Crippen LogP contribution is -2.38. The maximum absolute atomic E-state index is 12.6. The summed E-state index contributed by atoms with van der Waals surface area (Å²) in [4.78, 5) is 0. The van der Waals surface area contributed by atoms with E-state index >= 15 is 0 Å². The van der Waals surface area contributed by atoms with Gasteiger partial charge in [0.25, 0.3) is 0 Å². The second kappa shape index (κ2) is 8.06. The topological polar surface area (TPSA) is 63.2 Å². The van der Waals surface area contributed by atoms with Gasteiger partial charge in [-0.05, 0) is 18.5 Å². The molecule has 0 fully saturated rings. The summed E-state index contributed by atoms with van der Waals surface area (Å²) in [5, 5.41) is 3.11. The molecule has 1 N–H and O–H groups in total. The Bertz CT molecular complexity index is 556. The lowest BCUT2D eigenvalue weighted by atomic mass is 9.96. The number of benzene rings is 1. The van der Waals surface area contributed by atoms with E-state index in [4.69, 9.17) is 0 Å². The summed E-state index contributed by atoms with van der Waals surface area (Å²) < 4.78 is 35.2. The van der Waals surface area contributed by atoms with E-state index in [1.807, 2.05) is 51.2 Å². The van der Waals surface area contributed by atoms with E-state index in [9.17, 15) is 12.6 Å². The molecule has 3 unspecified atom stereocenters. The summed E-state index contributed by atoms with van der Waals surface area (Å²) in [7, 11) is -2.45. The first-order chi connectivity index (χ1) is 9.76. The molecule has 6 heteroatoms. The van der Waals surface area contributed by atoms with Gasteiger partial charge in [0.15, 0.2) is 0 Å². The van der Waals surface area contributed by atoms with Gasteiger partial charge in [-0.15, -0.1) is 0 Å². The smallest absolute Gasteiger partial charge is 0.148 e. The Morgan fingerprint density at radius 3 is 2.19 bits per heavy atom. The molecule has 1 aromatic carbocycles. The minimum Gasteiger partial charge on any atom is -0.312 e. The van der Waals surface area contributed by atoms with Gasteiger partial charge < -0.3 is 5.32 Å². The summed E-state index contributed by atoms with van der Waals surface area (Å²) in [5.74, 6) is 0.337. The van der Waals surface area contributed by atoms with Crippen LogP contribution < -0.4 is 5.32 Å². The molecular formula is C15H25NO3S2. The fourth-order valence-corrected chi connectivity index (χ4v) is 5.73. The quantitative estimate of drug-likeness (QED) is 0.788. The number of hydrogen-bond acceptors (Lipinski definition) is 4. The van der Waals surface area contributed by atoms with Gasteiger partial charge in [-0.3, -0.25) is 4.21 Å². The van der Waals surface area contributed by atoms with Crippen LogP contribution in [0.25, 0.3) is 0 Å². The van der Waals surface area contributed by atoms with Crippen molar-refractivity contribution < 1.29 is 12.6 Å². The molecule has 21 heavy (non-hydrogen) atoms. The summed E-state index contributed by atoms with van der Waals surface area (Å²) in [6.07, 6.45) is 1.18. The Labute approximate surface area is 130 Å². The molecule has 0 aliphatic carbocycles. The van der Waals surface area contributed by atoms with E-state index in [1.165, 1.54) is 6.26 Å². The van der Waals surface area contributed by atoms with Gasteiger partial charge in [0.05, 0.1) is 11.0 Å². The molecular weight excluding hydrogens is 306 g/mol. The highest BCUT2D eigenvalue weighted by Gasteiger charge is 2.30. The normalized spacial score (nSPS) is 16.6. The van der Waals surface area contributed by atoms with Crippen LogP contribution in [-0.4, -0.2) is 42.7 Å². The molecule has 0 saturated carbocycles. The lowest BCUT2D eigenvalue weighted by molar-refractivity contribution is 0.461. The number of rotatable bonds is 8. The van der Waals surface area contributed by atoms with Gasteiger partial charge in [0, 0.05) is 28.9 Å². The van der Waals surface area contributed by atoms with Crippen molar-refractivity contribution in [1.82, 2.24) is 5.32 Å². The van der Waals surface area contributed by atoms with Crippen LogP contribution in [0.2, 0.25) is 0 Å². The van der Waals surface area contributed by atoms with Crippen molar-refractivity contribution in [2.24, 2.45) is 5.92 Å². The third kappa shape index (κ3) is 5.88. The van der Waals surface area contributed by atoms with E-state index in [-0.39, 0.29) is 28.7 Å². The standard InChI is InChI=1S/C15H25NO3S2/c1-12(2)15(20(17)10-11-21(4,18)19)14(16-3)13-8-6-5-7-9-13/h5-9,12,14-16H,10-11H2,1-4H3. The number of sulfone groups is 1. The monoisotopic (exact) mass is 331 g/mol. The van der Waals surface area contributed by atoms with Gasteiger partial charge in [0.2, 0.25) is 0 Å². The molecule has 0 aromatic heterocycles. The fraction of sp³-hybridized carbons (Fsp3) is 0.600. The zero-order valence-electron chi connectivity index (χ0n) is 13.1. The molecule has 1 aromatic rings. The van der Waals surface area contributed by atoms with Crippen molar-refractivity contribution in [2.75, 3.05) is 24.8 Å². The van der Waals surface area contributed by atoms with E-state index in [1.54, 1.807) is 0 Å². The van der Waals surface area contributed by atoms with Crippen molar-refractivity contribution in [3.8, 4) is 0 Å². The van der Waals surface area contributed by atoms with E-state index in [0.717, 1.165) is 5.56 Å². The number of hydrogen-bond donors (Lipinski definition) is 1. The van der Waals surface area contributed by atoms with Gasteiger partial charge in [-0.1, -0.05) is 44.2 Å². The first kappa shape index (κ1) is 18.3. The second-order valence-corrected chi connectivity index (χ2v) is 9.57. The van der Waals surface area contributed by atoms with Crippen molar-refractivity contribution in [1.29, 1.82) is 0 Å². The third-order valence-corrected chi connectivity index (χ3v) is 6.65. The van der Waals surface area contributed by atoms with Crippen LogP contribution in [0.5, 0.6) is 0 Å². The van der Waals surface area contributed by atoms with Crippen molar-refractivity contribution >= 4 is 20.6 Å². The molecule has 0 aliphatic rings. The zero-order valence-corrected chi connectivity index (χ0v) is 14.7. The van der Waals surface area contributed by atoms with Crippen LogP contribution in [0.1, 0.15) is 25.5 Å². The van der Waals surface area contributed by atoms with Crippen molar-refractivity contribution in [3.05, 3.63) is 35.9 Å². The summed E-state index contributed by atoms with van der Waals surface area (Å²) in [6.45, 7) is 4.05. The summed E-state index contributed by atoms with van der Waals surface area (Å²) in [5.41, 5.74) is 1.08. The van der Waals surface area contributed by atoms with Crippen LogP contribution in [-0.2, 0) is 20.6 Å². The van der Waals surface area contributed by atoms with E-state index in [0.29, 0.717) is 0 Å². The SMILES string of the molecule is CNC(c1ccccc1)C(C(C)C)S(=O)CCS(C)(=O)=O. The highest BCUT2D eigenvalue weighted by Crippen LogP contribution is 2.26. The van der Waals surface area contributed by atoms with Crippen LogP contribution in [0.3, 0.4) is 0 Å². The zero-order chi connectivity index (χ0) is 16.0. The Morgan fingerprint density at radius 2 is 1.76 bits per heavy atom. The Kier molecular flexibility index (Phi) is 7.03. The average molecular weight is 332 g/mol. The fourth-order valence-electron chi connectivity index (χ4n) is 2.39. The maximum Gasteiger partial charge on any atom is 0.148 e. The van der Waals surface area contributed by atoms with Gasteiger partial charge in [-0.25, -0.2) is 8.42 Å². The summed E-state index contributed by atoms with van der Waals surface area (Å²) >= 11 is 0. The molecule has 0 radical (unpaired) electrons. The Hall–Kier alpha value is -0.720. The van der Waals surface area contributed by atoms with Crippen molar-refractivity contribution in [2.45, 2.75) is 25.1 Å². The van der Waals surface area contributed by atoms with Gasteiger partial charge in [-0.2, -0.15) is 0 Å². The maximum atomic E-state index is 12.6. The molecule has 1 rings (SSSR count). The van der Waals surface area contributed by atoms with Crippen LogP contribution in [0, 0.1) is 5.92 Å². The number of nitrogens with one attached hydrogen (secondary N) is 1. The molecule has 120 valence electrons. The van der Waals surface area contributed by atoms with E-state index in [2.05, 4.69) is 5.32 Å². The molecule has 3 atom stereocenters. The van der Waals surface area contributed by atoms with Crippen LogP contribution >= 0.6 is 0 Å². The predicted molar refractivity (Wildman–Crippen MR) is 89.6 cm³/mol. The first-order valence-corrected chi connectivity index (χ1v) is 10.5. The second-order valence-electron chi connectivity index (χ2n) is 5.60. The third-order valence-electron chi connectivity index (χ3n) is 3.41. The summed E-state index contributed by atoms with van der Waals surface area (Å²) in [6, 6.07) is 9.81. The van der Waals surface area contributed by atoms with Gasteiger partial charge in [0.1, 0.15) is 9.84 Å². The predicted octanol–water partition coefficient (Wildman–Crippen LogP) is 1.77. The minimum atomic E-state index is -3.09. The Morgan fingerprint density at radius 1 is 1.19 bits per heavy atom. The van der Waals surface area contributed by atoms with Crippen molar-refractivity contribution in [3.63, 3.8) is 0 Å². The van der Waals surface area contributed by atoms with E-state index < -0.39 is 20.6 Å². The molecule has 0 spiro atoms. The lowest BCUT2D eigenvalue weighted by Gasteiger charge is -2.29. The average Bonchev–Trinajstić information content (AvgIpc) is 2.41. The largest absolute Gasteiger partial charge is 0.312 e. The highest BCUT2D eigenvalue weighted by atomic mass is 32.2. The van der Waals surface area contributed by atoms with Crippen LogP contribution in [0.4, 0.5) is 0 Å². The highest BCUT2D eigenvalue weighted by molar-refractivity contribution is 7.92. The minimum absolute atomic E-state index is 0.0337. The van der Waals surface area contributed by atoms with Crippen LogP contribution in [0.15, 0.2) is 30.3 Å². The van der Waals surface area contributed by atoms with Gasteiger partial charge >= 0.3 is 0 Å². The molecule has 0 bridgehead atoms. The molecule has 0 amide bonds.